The smallest absolute Gasteiger partial charge is 0.317 e. The highest BCUT2D eigenvalue weighted by molar-refractivity contribution is 5.81. The molecule has 3 fully saturated rings. The highest BCUT2D eigenvalue weighted by Gasteiger charge is 2.32. The molecule has 2 aliphatic carbocycles. The minimum Gasteiger partial charge on any atom is -0.480 e. The topological polar surface area (TPSA) is 182 Å². The lowest BCUT2D eigenvalue weighted by Crippen LogP contribution is -2.52. The molecule has 0 radical (unpaired) electrons. The highest BCUT2D eigenvalue weighted by Crippen LogP contribution is 2.39. The number of Topliss-reactive ketones (excluding diaryl/α,β-unsaturated/α-hetero) is 1. The molecule has 0 amide bonds. The van der Waals surface area contributed by atoms with Crippen LogP contribution in [-0.4, -0.2) is 153 Å². The Labute approximate surface area is 254 Å². The minimum atomic E-state index is -1.73. The van der Waals surface area contributed by atoms with Gasteiger partial charge in [-0.3, -0.25) is 38.8 Å². The molecule has 3 aliphatic rings. The molecule has 0 bridgehead atoms. The molecule has 1 saturated heterocycles. The molecule has 1 heterocycles. The minimum absolute atomic E-state index is 0.00583. The zero-order chi connectivity index (χ0) is 31.4. The quantitative estimate of drug-likeness (QED) is 0.171. The first-order chi connectivity index (χ1) is 20.5. The van der Waals surface area contributed by atoms with Gasteiger partial charge in [-0.05, 0) is 50.4 Å². The number of hydrogen-bond donors (Lipinski definition) is 5. The zero-order valence-corrected chi connectivity index (χ0v) is 25.4. The summed E-state index contributed by atoms with van der Waals surface area (Å²) in [6, 6.07) is -0.774. The highest BCUT2D eigenvalue weighted by atomic mass is 16.5. The first kappa shape index (κ1) is 35.3. The lowest BCUT2D eigenvalue weighted by molar-refractivity contribution is -0.141. The summed E-state index contributed by atoms with van der Waals surface area (Å²) in [7, 11) is 0. The summed E-state index contributed by atoms with van der Waals surface area (Å²) in [6.07, 6.45) is 7.96. The Morgan fingerprint density at radius 3 is 1.40 bits per heavy atom. The third-order valence-electron chi connectivity index (χ3n) is 9.64. The average molecular weight is 613 g/mol. The third kappa shape index (κ3) is 12.8. The van der Waals surface area contributed by atoms with Gasteiger partial charge in [-0.1, -0.05) is 19.3 Å². The summed E-state index contributed by atoms with van der Waals surface area (Å²) in [5, 5.41) is 49.0. The van der Waals surface area contributed by atoms with Crippen LogP contribution in [-0.2, 0) is 19.2 Å². The van der Waals surface area contributed by atoms with Crippen molar-refractivity contribution in [1.82, 2.24) is 19.6 Å². The van der Waals surface area contributed by atoms with Crippen LogP contribution < -0.4 is 0 Å². The standard InChI is InChI=1S/C30H52N4O9/c35-26(24-6-4-23(5-7-24)18-22-2-1-3-22)9-8-25(30(42)43)34-16-14-32(20-28(38)39)12-10-31(19-27(36)37)11-13-33(15-17-34)21-29(40)41/h22-25,30,42-43H,1-21H2,(H,36,37)(H,38,39)(H,40,41). The number of carbonyl (C=O) groups is 4. The average Bonchev–Trinajstić information content (AvgIpc) is 2.91. The summed E-state index contributed by atoms with van der Waals surface area (Å²) in [4.78, 5) is 54.5. The summed E-state index contributed by atoms with van der Waals surface area (Å²) in [6.45, 7) is 1.45. The molecule has 0 aromatic carbocycles. The van der Waals surface area contributed by atoms with Gasteiger partial charge in [-0.15, -0.1) is 0 Å². The molecule has 13 nitrogen and oxygen atoms in total. The lowest BCUT2D eigenvalue weighted by Gasteiger charge is -2.37. The van der Waals surface area contributed by atoms with Crippen LogP contribution in [0.1, 0.15) is 64.2 Å². The molecule has 1 aliphatic heterocycles. The molecule has 13 heteroatoms. The van der Waals surface area contributed by atoms with E-state index in [1.54, 1.807) is 14.7 Å². The van der Waals surface area contributed by atoms with Crippen molar-refractivity contribution in [1.29, 1.82) is 0 Å². The maximum atomic E-state index is 13.2. The fourth-order valence-electron chi connectivity index (χ4n) is 6.87. The van der Waals surface area contributed by atoms with Gasteiger partial charge in [0.2, 0.25) is 0 Å². The Kier molecular flexibility index (Phi) is 14.8. The summed E-state index contributed by atoms with van der Waals surface area (Å²) in [5.41, 5.74) is 0. The SMILES string of the molecule is O=C(O)CN1CCN(CC(=O)O)CCN(C(CCC(=O)C2CCC(CC3CCC3)CC2)C(O)O)CCN(CC(=O)O)CC1. The molecule has 246 valence electrons. The third-order valence-corrected chi connectivity index (χ3v) is 9.64. The summed E-state index contributed by atoms with van der Waals surface area (Å²) < 4.78 is 0. The number of carbonyl (C=O) groups excluding carboxylic acids is 1. The molecule has 0 aromatic heterocycles. The van der Waals surface area contributed by atoms with Crippen LogP contribution in [0.2, 0.25) is 0 Å². The fraction of sp³-hybridized carbons (Fsp3) is 0.867. The van der Waals surface area contributed by atoms with E-state index < -0.39 is 30.2 Å². The molecule has 0 spiro atoms. The van der Waals surface area contributed by atoms with Gasteiger partial charge in [0.25, 0.3) is 0 Å². The van der Waals surface area contributed by atoms with Gasteiger partial charge in [0.1, 0.15) is 5.78 Å². The van der Waals surface area contributed by atoms with Crippen molar-refractivity contribution in [3.63, 3.8) is 0 Å². The molecular weight excluding hydrogens is 560 g/mol. The van der Waals surface area contributed by atoms with Crippen LogP contribution in [0.15, 0.2) is 0 Å². The van der Waals surface area contributed by atoms with Gasteiger partial charge < -0.3 is 25.5 Å². The van der Waals surface area contributed by atoms with Gasteiger partial charge in [0.05, 0.1) is 25.7 Å². The monoisotopic (exact) mass is 612 g/mol. The Hall–Kier alpha value is -2.16. The second-order valence-electron chi connectivity index (χ2n) is 12.8. The first-order valence-electron chi connectivity index (χ1n) is 16.0. The number of rotatable bonds is 14. The van der Waals surface area contributed by atoms with E-state index in [0.29, 0.717) is 5.92 Å². The Morgan fingerprint density at radius 2 is 1.02 bits per heavy atom. The van der Waals surface area contributed by atoms with Crippen molar-refractivity contribution in [2.45, 2.75) is 76.5 Å². The van der Waals surface area contributed by atoms with E-state index in [0.717, 1.165) is 31.6 Å². The molecule has 3 rings (SSSR count). The predicted octanol–water partition coefficient (Wildman–Crippen LogP) is 0.487. The predicted molar refractivity (Wildman–Crippen MR) is 157 cm³/mol. The Bertz CT molecular complexity index is 876. The van der Waals surface area contributed by atoms with Crippen LogP contribution in [0.3, 0.4) is 0 Å². The van der Waals surface area contributed by atoms with Crippen LogP contribution in [0.5, 0.6) is 0 Å². The van der Waals surface area contributed by atoms with Gasteiger partial charge in [0, 0.05) is 64.7 Å². The molecule has 0 aromatic rings. The maximum Gasteiger partial charge on any atom is 0.317 e. The number of nitrogens with zero attached hydrogens (tertiary/aromatic N) is 4. The molecule has 1 atom stereocenters. The van der Waals surface area contributed by atoms with Crippen molar-refractivity contribution in [3.8, 4) is 0 Å². The summed E-state index contributed by atoms with van der Waals surface area (Å²) in [5.74, 6) is -1.34. The van der Waals surface area contributed by atoms with Crippen molar-refractivity contribution >= 4 is 23.7 Å². The number of carboxylic acids is 3. The van der Waals surface area contributed by atoms with Gasteiger partial charge in [0.15, 0.2) is 6.29 Å². The number of hydrogen-bond acceptors (Lipinski definition) is 10. The number of carboxylic acid groups (broad SMARTS) is 3. The van der Waals surface area contributed by atoms with E-state index in [1.807, 2.05) is 4.90 Å². The van der Waals surface area contributed by atoms with Crippen molar-refractivity contribution in [2.24, 2.45) is 17.8 Å². The number of aliphatic hydroxyl groups is 2. The van der Waals surface area contributed by atoms with Crippen molar-refractivity contribution < 1.29 is 44.7 Å². The van der Waals surface area contributed by atoms with Crippen LogP contribution >= 0.6 is 0 Å². The maximum absolute atomic E-state index is 13.2. The molecular formula is C30H52N4O9. The van der Waals surface area contributed by atoms with Gasteiger partial charge in [-0.2, -0.15) is 0 Å². The Balaban J connectivity index is 1.64. The number of aliphatic carboxylic acids is 3. The largest absolute Gasteiger partial charge is 0.480 e. The first-order valence-corrected chi connectivity index (χ1v) is 16.0. The second-order valence-corrected chi connectivity index (χ2v) is 12.8. The number of aliphatic hydroxyl groups excluding tert-OH is 1. The fourth-order valence-corrected chi connectivity index (χ4v) is 6.87. The molecule has 43 heavy (non-hydrogen) atoms. The summed E-state index contributed by atoms with van der Waals surface area (Å²) >= 11 is 0. The zero-order valence-electron chi connectivity index (χ0n) is 25.4. The van der Waals surface area contributed by atoms with Crippen LogP contribution in [0.25, 0.3) is 0 Å². The van der Waals surface area contributed by atoms with E-state index in [9.17, 15) is 44.7 Å². The molecule has 2 saturated carbocycles. The van der Waals surface area contributed by atoms with Crippen LogP contribution in [0.4, 0.5) is 0 Å². The second kappa shape index (κ2) is 18.0. The normalized spacial score (nSPS) is 25.4. The molecule has 1 unspecified atom stereocenters. The lowest BCUT2D eigenvalue weighted by atomic mass is 9.72. The van der Waals surface area contributed by atoms with Gasteiger partial charge >= 0.3 is 17.9 Å². The van der Waals surface area contributed by atoms with E-state index in [4.69, 9.17) is 0 Å². The van der Waals surface area contributed by atoms with Gasteiger partial charge in [-0.25, -0.2) is 0 Å². The Morgan fingerprint density at radius 1 is 0.605 bits per heavy atom. The number of ketones is 1. The van der Waals surface area contributed by atoms with E-state index >= 15 is 0 Å². The van der Waals surface area contributed by atoms with Crippen LogP contribution in [0, 0.1) is 17.8 Å². The molecule has 5 N–H and O–H groups in total. The van der Waals surface area contributed by atoms with E-state index in [2.05, 4.69) is 0 Å². The van der Waals surface area contributed by atoms with Crippen molar-refractivity contribution in [2.75, 3.05) is 72.0 Å². The van der Waals surface area contributed by atoms with Crippen molar-refractivity contribution in [3.05, 3.63) is 0 Å². The van der Waals surface area contributed by atoms with E-state index in [-0.39, 0.29) is 96.5 Å². The van der Waals surface area contributed by atoms with E-state index in [1.165, 1.54) is 25.7 Å².